The van der Waals surface area contributed by atoms with Gasteiger partial charge < -0.3 is 14.8 Å². The Labute approximate surface area is 164 Å². The fraction of sp³-hybridized carbons (Fsp3) is 0.294. The minimum Gasteiger partial charge on any atom is -0.485 e. The minimum atomic E-state index is -4.75. The van der Waals surface area contributed by atoms with Crippen molar-refractivity contribution < 1.29 is 22.6 Å². The van der Waals surface area contributed by atoms with E-state index in [9.17, 15) is 13.2 Å². The molecule has 1 heterocycles. The highest BCUT2D eigenvalue weighted by atomic mass is 35.5. The molecular formula is C17H15Cl3F3NO2. The van der Waals surface area contributed by atoms with E-state index in [1.807, 2.05) is 0 Å². The van der Waals surface area contributed by atoms with Gasteiger partial charge in [0.15, 0.2) is 0 Å². The lowest BCUT2D eigenvalue weighted by molar-refractivity contribution is -0.274. The summed E-state index contributed by atoms with van der Waals surface area (Å²) in [5, 5.41) is 3.98. The summed E-state index contributed by atoms with van der Waals surface area (Å²) in [5.74, 6) is 0.124. The molecule has 1 fully saturated rings. The Morgan fingerprint density at radius 2 is 1.69 bits per heavy atom. The zero-order valence-corrected chi connectivity index (χ0v) is 15.6. The summed E-state index contributed by atoms with van der Waals surface area (Å²) in [5.41, 5.74) is 0.808. The lowest BCUT2D eigenvalue weighted by atomic mass is 9.91. The second kappa shape index (κ2) is 8.57. The lowest BCUT2D eigenvalue weighted by Crippen LogP contribution is -2.46. The summed E-state index contributed by atoms with van der Waals surface area (Å²) in [7, 11) is 0. The smallest absolute Gasteiger partial charge is 0.485 e. The summed E-state index contributed by atoms with van der Waals surface area (Å²) in [4.78, 5) is 0. The van der Waals surface area contributed by atoms with Crippen molar-refractivity contribution in [2.45, 2.75) is 12.5 Å². The van der Waals surface area contributed by atoms with E-state index < -0.39 is 6.36 Å². The lowest BCUT2D eigenvalue weighted by Gasteiger charge is -2.35. The Kier molecular flexibility index (Phi) is 6.91. The van der Waals surface area contributed by atoms with Crippen LogP contribution in [0.2, 0.25) is 10.0 Å². The highest BCUT2D eigenvalue weighted by molar-refractivity contribution is 6.42. The summed E-state index contributed by atoms with van der Waals surface area (Å²) in [6, 6.07) is 10.6. The Hall–Kier alpha value is -1.34. The normalized spacial score (nSPS) is 15.6. The maximum atomic E-state index is 12.4. The van der Waals surface area contributed by atoms with Crippen molar-refractivity contribution in [2.24, 2.45) is 5.92 Å². The highest BCUT2D eigenvalue weighted by Gasteiger charge is 2.32. The molecule has 3 rings (SSSR count). The van der Waals surface area contributed by atoms with E-state index in [4.69, 9.17) is 27.9 Å². The van der Waals surface area contributed by atoms with Crippen molar-refractivity contribution in [1.82, 2.24) is 5.32 Å². The fourth-order valence-electron chi connectivity index (χ4n) is 2.54. The van der Waals surface area contributed by atoms with Crippen LogP contribution in [0.4, 0.5) is 13.2 Å². The third-order valence-corrected chi connectivity index (χ3v) is 4.55. The van der Waals surface area contributed by atoms with E-state index in [0.717, 1.165) is 18.7 Å². The van der Waals surface area contributed by atoms with Gasteiger partial charge in [-0.05, 0) is 29.8 Å². The molecular weight excluding hydrogens is 414 g/mol. The molecule has 0 aromatic heterocycles. The first-order chi connectivity index (χ1) is 11.8. The number of benzene rings is 2. The monoisotopic (exact) mass is 427 g/mol. The SMILES string of the molecule is Cl.FC(F)(F)Oc1cccc(OC(c2ccc(Cl)c(Cl)c2)C2CNC2)c1. The van der Waals surface area contributed by atoms with E-state index in [1.165, 1.54) is 18.2 Å². The summed E-state index contributed by atoms with van der Waals surface area (Å²) in [6.07, 6.45) is -5.11. The van der Waals surface area contributed by atoms with E-state index in [0.29, 0.717) is 10.0 Å². The van der Waals surface area contributed by atoms with Crippen molar-refractivity contribution in [2.75, 3.05) is 13.1 Å². The number of alkyl halides is 3. The molecule has 0 amide bonds. The molecule has 1 N–H and O–H groups in total. The van der Waals surface area contributed by atoms with Crippen LogP contribution >= 0.6 is 35.6 Å². The summed E-state index contributed by atoms with van der Waals surface area (Å²) in [6.45, 7) is 1.48. The van der Waals surface area contributed by atoms with Gasteiger partial charge in [0, 0.05) is 25.1 Å². The van der Waals surface area contributed by atoms with Crippen LogP contribution in [0.3, 0.4) is 0 Å². The van der Waals surface area contributed by atoms with E-state index in [-0.39, 0.29) is 35.9 Å². The molecule has 142 valence electrons. The molecule has 1 aliphatic heterocycles. The van der Waals surface area contributed by atoms with Gasteiger partial charge in [0.1, 0.15) is 17.6 Å². The Balaban J connectivity index is 0.00000243. The first-order valence-corrected chi connectivity index (χ1v) is 8.25. The fourth-order valence-corrected chi connectivity index (χ4v) is 2.85. The largest absolute Gasteiger partial charge is 0.573 e. The number of halogens is 6. The summed E-state index contributed by atoms with van der Waals surface area (Å²) >= 11 is 12.0. The molecule has 1 unspecified atom stereocenters. The van der Waals surface area contributed by atoms with E-state index in [2.05, 4.69) is 10.1 Å². The number of hydrogen-bond acceptors (Lipinski definition) is 3. The van der Waals surface area contributed by atoms with Gasteiger partial charge in [0.25, 0.3) is 0 Å². The van der Waals surface area contributed by atoms with Gasteiger partial charge in [-0.1, -0.05) is 35.3 Å². The van der Waals surface area contributed by atoms with Crippen LogP contribution in [0.25, 0.3) is 0 Å². The molecule has 0 aliphatic carbocycles. The van der Waals surface area contributed by atoms with Crippen molar-refractivity contribution >= 4 is 35.6 Å². The zero-order chi connectivity index (χ0) is 18.0. The van der Waals surface area contributed by atoms with Crippen LogP contribution in [0.5, 0.6) is 11.5 Å². The topological polar surface area (TPSA) is 30.5 Å². The Bertz CT molecular complexity index is 754. The molecule has 0 radical (unpaired) electrons. The zero-order valence-electron chi connectivity index (χ0n) is 13.2. The molecule has 0 bridgehead atoms. The van der Waals surface area contributed by atoms with Gasteiger partial charge in [-0.25, -0.2) is 0 Å². The standard InChI is InChI=1S/C17H14Cl2F3NO2.ClH/c18-14-5-4-10(6-15(14)19)16(11-8-23-9-11)24-12-2-1-3-13(7-12)25-17(20,21)22;/h1-7,11,16,23H,8-9H2;1H. The van der Waals surface area contributed by atoms with Gasteiger partial charge in [-0.3, -0.25) is 0 Å². The number of hydrogen-bond donors (Lipinski definition) is 1. The van der Waals surface area contributed by atoms with Gasteiger partial charge in [0.2, 0.25) is 0 Å². The molecule has 0 spiro atoms. The van der Waals surface area contributed by atoms with Crippen LogP contribution in [0, 0.1) is 5.92 Å². The third kappa shape index (κ3) is 5.33. The molecule has 2 aromatic carbocycles. The van der Waals surface area contributed by atoms with Crippen LogP contribution in [-0.4, -0.2) is 19.5 Å². The van der Waals surface area contributed by atoms with Crippen molar-refractivity contribution in [3.8, 4) is 11.5 Å². The van der Waals surface area contributed by atoms with Crippen LogP contribution in [0.15, 0.2) is 42.5 Å². The summed E-state index contributed by atoms with van der Waals surface area (Å²) < 4.78 is 47.0. The quantitative estimate of drug-likeness (QED) is 0.667. The van der Waals surface area contributed by atoms with Crippen LogP contribution in [-0.2, 0) is 0 Å². The number of nitrogens with one attached hydrogen (secondary N) is 1. The van der Waals surface area contributed by atoms with Gasteiger partial charge in [0.05, 0.1) is 10.0 Å². The van der Waals surface area contributed by atoms with Gasteiger partial charge in [-0.2, -0.15) is 0 Å². The Morgan fingerprint density at radius 1 is 1.00 bits per heavy atom. The number of ether oxygens (including phenoxy) is 2. The van der Waals surface area contributed by atoms with E-state index >= 15 is 0 Å². The number of rotatable bonds is 5. The molecule has 1 saturated heterocycles. The minimum absolute atomic E-state index is 0. The van der Waals surface area contributed by atoms with Crippen molar-refractivity contribution in [3.63, 3.8) is 0 Å². The molecule has 9 heteroatoms. The third-order valence-electron chi connectivity index (χ3n) is 3.82. The molecule has 0 saturated carbocycles. The first-order valence-electron chi connectivity index (χ1n) is 7.50. The molecule has 1 aliphatic rings. The van der Waals surface area contributed by atoms with Crippen LogP contribution < -0.4 is 14.8 Å². The van der Waals surface area contributed by atoms with Crippen molar-refractivity contribution in [1.29, 1.82) is 0 Å². The average molecular weight is 429 g/mol. The van der Waals surface area contributed by atoms with E-state index in [1.54, 1.807) is 24.3 Å². The molecule has 3 nitrogen and oxygen atoms in total. The average Bonchev–Trinajstić information content (AvgIpc) is 2.46. The predicted molar refractivity (Wildman–Crippen MR) is 96.6 cm³/mol. The van der Waals surface area contributed by atoms with Gasteiger partial charge >= 0.3 is 6.36 Å². The molecule has 2 aromatic rings. The second-order valence-electron chi connectivity index (χ2n) is 5.65. The van der Waals surface area contributed by atoms with Gasteiger partial charge in [-0.15, -0.1) is 25.6 Å². The predicted octanol–water partition coefficient (Wildman–Crippen LogP) is 5.65. The highest BCUT2D eigenvalue weighted by Crippen LogP contribution is 2.35. The second-order valence-corrected chi connectivity index (χ2v) is 6.47. The maximum absolute atomic E-state index is 12.4. The van der Waals surface area contributed by atoms with Crippen LogP contribution in [0.1, 0.15) is 11.7 Å². The molecule has 1 atom stereocenters. The molecule has 26 heavy (non-hydrogen) atoms. The Morgan fingerprint density at radius 3 is 2.27 bits per heavy atom. The van der Waals surface area contributed by atoms with Crippen molar-refractivity contribution in [3.05, 3.63) is 58.1 Å². The maximum Gasteiger partial charge on any atom is 0.573 e. The first kappa shape index (κ1) is 21.0.